The quantitative estimate of drug-likeness (QED) is 0.676. The third-order valence-electron chi connectivity index (χ3n) is 3.32. The Morgan fingerprint density at radius 3 is 2.55 bits per heavy atom. The summed E-state index contributed by atoms with van der Waals surface area (Å²) in [5.74, 6) is 0.551. The van der Waals surface area contributed by atoms with Crippen molar-refractivity contribution in [3.05, 3.63) is 28.3 Å². The van der Waals surface area contributed by atoms with E-state index in [-0.39, 0.29) is 10.6 Å². The van der Waals surface area contributed by atoms with Crippen LogP contribution in [0.25, 0.3) is 0 Å². The molecule has 6 heteroatoms. The highest BCUT2D eigenvalue weighted by Crippen LogP contribution is 2.29. The van der Waals surface area contributed by atoms with E-state index in [0.29, 0.717) is 24.4 Å². The maximum atomic E-state index is 11.0. The highest BCUT2D eigenvalue weighted by molar-refractivity contribution is 5.58. The molecule has 1 fully saturated rings. The van der Waals surface area contributed by atoms with Crippen LogP contribution in [-0.4, -0.2) is 36.7 Å². The molecule has 0 bridgehead atoms. The summed E-state index contributed by atoms with van der Waals surface area (Å²) in [5, 5.41) is 14.5. The SMILES string of the molecule is CCOc1cc(N2CC(C)NC(C)C2)cc([N+](=O)[O-])c1. The zero-order valence-corrected chi connectivity index (χ0v) is 12.1. The summed E-state index contributed by atoms with van der Waals surface area (Å²) >= 11 is 0. The van der Waals surface area contributed by atoms with Crippen LogP contribution in [0.3, 0.4) is 0 Å². The molecule has 110 valence electrons. The molecule has 1 aromatic carbocycles. The van der Waals surface area contributed by atoms with Crippen molar-refractivity contribution in [1.29, 1.82) is 0 Å². The molecule has 0 saturated carbocycles. The van der Waals surface area contributed by atoms with Crippen molar-refractivity contribution in [3.63, 3.8) is 0 Å². The lowest BCUT2D eigenvalue weighted by molar-refractivity contribution is -0.384. The van der Waals surface area contributed by atoms with Crippen LogP contribution in [0, 0.1) is 10.1 Å². The van der Waals surface area contributed by atoms with Gasteiger partial charge in [0, 0.05) is 43.0 Å². The number of piperazine rings is 1. The molecular formula is C14H21N3O3. The molecule has 2 atom stereocenters. The van der Waals surface area contributed by atoms with Crippen LogP contribution in [-0.2, 0) is 0 Å². The van der Waals surface area contributed by atoms with Gasteiger partial charge >= 0.3 is 0 Å². The molecule has 1 saturated heterocycles. The second kappa shape index (κ2) is 6.09. The topological polar surface area (TPSA) is 67.6 Å². The molecule has 1 heterocycles. The lowest BCUT2D eigenvalue weighted by Gasteiger charge is -2.37. The van der Waals surface area contributed by atoms with Gasteiger partial charge in [-0.05, 0) is 20.8 Å². The minimum Gasteiger partial charge on any atom is -0.494 e. The Morgan fingerprint density at radius 1 is 1.35 bits per heavy atom. The van der Waals surface area contributed by atoms with Crippen LogP contribution in [0.15, 0.2) is 18.2 Å². The number of nitro groups is 1. The fraction of sp³-hybridized carbons (Fsp3) is 0.571. The highest BCUT2D eigenvalue weighted by atomic mass is 16.6. The molecule has 1 aromatic rings. The Bertz CT molecular complexity index is 483. The molecule has 1 aliphatic rings. The number of hydrogen-bond donors (Lipinski definition) is 1. The van der Waals surface area contributed by atoms with Crippen LogP contribution in [0.5, 0.6) is 5.75 Å². The van der Waals surface area contributed by atoms with Crippen LogP contribution in [0.2, 0.25) is 0 Å². The van der Waals surface area contributed by atoms with Gasteiger partial charge in [-0.15, -0.1) is 0 Å². The van der Waals surface area contributed by atoms with E-state index in [1.54, 1.807) is 6.07 Å². The summed E-state index contributed by atoms with van der Waals surface area (Å²) in [6.07, 6.45) is 0. The van der Waals surface area contributed by atoms with E-state index in [1.807, 2.05) is 13.0 Å². The predicted molar refractivity (Wildman–Crippen MR) is 78.5 cm³/mol. The fourth-order valence-electron chi connectivity index (χ4n) is 2.64. The van der Waals surface area contributed by atoms with Gasteiger partial charge in [-0.3, -0.25) is 10.1 Å². The summed E-state index contributed by atoms with van der Waals surface area (Å²) in [5.41, 5.74) is 0.924. The molecule has 0 amide bonds. The molecule has 0 spiro atoms. The van der Waals surface area contributed by atoms with Gasteiger partial charge in [0.1, 0.15) is 5.75 Å². The summed E-state index contributed by atoms with van der Waals surface area (Å²) in [4.78, 5) is 12.8. The molecule has 20 heavy (non-hydrogen) atoms. The lowest BCUT2D eigenvalue weighted by atomic mass is 10.1. The summed E-state index contributed by atoms with van der Waals surface area (Å²) < 4.78 is 5.44. The Kier molecular flexibility index (Phi) is 4.44. The molecule has 0 aromatic heterocycles. The van der Waals surface area contributed by atoms with Gasteiger partial charge in [-0.1, -0.05) is 0 Å². The van der Waals surface area contributed by atoms with Crippen molar-refractivity contribution in [2.75, 3.05) is 24.6 Å². The van der Waals surface area contributed by atoms with Crippen LogP contribution >= 0.6 is 0 Å². The monoisotopic (exact) mass is 279 g/mol. The number of non-ortho nitro benzene ring substituents is 1. The second-order valence-electron chi connectivity index (χ2n) is 5.25. The van der Waals surface area contributed by atoms with Gasteiger partial charge in [0.2, 0.25) is 0 Å². The molecule has 0 aliphatic carbocycles. The first-order valence-electron chi connectivity index (χ1n) is 6.93. The van der Waals surface area contributed by atoms with Gasteiger partial charge in [-0.2, -0.15) is 0 Å². The van der Waals surface area contributed by atoms with Crippen molar-refractivity contribution in [2.24, 2.45) is 0 Å². The largest absolute Gasteiger partial charge is 0.494 e. The average molecular weight is 279 g/mol. The van der Waals surface area contributed by atoms with E-state index in [1.165, 1.54) is 6.07 Å². The van der Waals surface area contributed by atoms with Crippen molar-refractivity contribution >= 4 is 11.4 Å². The van der Waals surface area contributed by atoms with E-state index >= 15 is 0 Å². The molecule has 2 rings (SSSR count). The lowest BCUT2D eigenvalue weighted by Crippen LogP contribution is -2.54. The Labute approximate surface area is 118 Å². The summed E-state index contributed by atoms with van der Waals surface area (Å²) in [6, 6.07) is 5.68. The van der Waals surface area contributed by atoms with Crippen molar-refractivity contribution in [2.45, 2.75) is 32.9 Å². The minimum atomic E-state index is -0.374. The number of ether oxygens (including phenoxy) is 1. The third-order valence-corrected chi connectivity index (χ3v) is 3.32. The summed E-state index contributed by atoms with van der Waals surface area (Å²) in [7, 11) is 0. The zero-order valence-electron chi connectivity index (χ0n) is 12.1. The van der Waals surface area contributed by atoms with Gasteiger partial charge in [0.05, 0.1) is 17.6 Å². The van der Waals surface area contributed by atoms with E-state index in [0.717, 1.165) is 18.8 Å². The smallest absolute Gasteiger partial charge is 0.275 e. The van der Waals surface area contributed by atoms with E-state index in [9.17, 15) is 10.1 Å². The average Bonchev–Trinajstić information content (AvgIpc) is 2.37. The molecule has 6 nitrogen and oxygen atoms in total. The van der Waals surface area contributed by atoms with Crippen molar-refractivity contribution in [1.82, 2.24) is 5.32 Å². The maximum absolute atomic E-state index is 11.0. The highest BCUT2D eigenvalue weighted by Gasteiger charge is 2.23. The number of rotatable bonds is 4. The standard InChI is InChI=1S/C14H21N3O3/c1-4-20-14-6-12(5-13(7-14)17(18)19)16-8-10(2)15-11(3)9-16/h5-7,10-11,15H,4,8-9H2,1-3H3. The predicted octanol–water partition coefficient (Wildman–Crippen LogP) is 2.18. The number of benzene rings is 1. The first-order valence-corrected chi connectivity index (χ1v) is 6.93. The number of anilines is 1. The van der Waals surface area contributed by atoms with Gasteiger partial charge < -0.3 is 15.0 Å². The van der Waals surface area contributed by atoms with Crippen LogP contribution < -0.4 is 15.0 Å². The van der Waals surface area contributed by atoms with Gasteiger partial charge in [0.25, 0.3) is 5.69 Å². The summed E-state index contributed by atoms with van der Waals surface area (Å²) in [6.45, 7) is 8.25. The first-order chi connectivity index (χ1) is 9.49. The second-order valence-corrected chi connectivity index (χ2v) is 5.25. The number of nitro benzene ring substituents is 1. The molecule has 1 N–H and O–H groups in total. The Morgan fingerprint density at radius 2 is 2.00 bits per heavy atom. The van der Waals surface area contributed by atoms with Gasteiger partial charge in [0.15, 0.2) is 0 Å². The van der Waals surface area contributed by atoms with Gasteiger partial charge in [-0.25, -0.2) is 0 Å². The van der Waals surface area contributed by atoms with Crippen molar-refractivity contribution < 1.29 is 9.66 Å². The molecule has 0 radical (unpaired) electrons. The van der Waals surface area contributed by atoms with E-state index in [4.69, 9.17) is 4.74 Å². The maximum Gasteiger partial charge on any atom is 0.275 e. The number of nitrogens with zero attached hydrogens (tertiary/aromatic N) is 2. The van der Waals surface area contributed by atoms with E-state index in [2.05, 4.69) is 24.1 Å². The Hall–Kier alpha value is -1.82. The fourth-order valence-corrected chi connectivity index (χ4v) is 2.64. The van der Waals surface area contributed by atoms with Crippen LogP contribution in [0.1, 0.15) is 20.8 Å². The third kappa shape index (κ3) is 3.39. The van der Waals surface area contributed by atoms with E-state index < -0.39 is 0 Å². The number of nitrogens with one attached hydrogen (secondary N) is 1. The molecule has 2 unspecified atom stereocenters. The first kappa shape index (κ1) is 14.6. The zero-order chi connectivity index (χ0) is 14.7. The van der Waals surface area contributed by atoms with Crippen LogP contribution in [0.4, 0.5) is 11.4 Å². The minimum absolute atomic E-state index is 0.0739. The normalized spacial score (nSPS) is 22.6. The molecular weight excluding hydrogens is 258 g/mol. The Balaban J connectivity index is 2.31. The number of hydrogen-bond acceptors (Lipinski definition) is 5. The van der Waals surface area contributed by atoms with Crippen molar-refractivity contribution in [3.8, 4) is 5.75 Å². The molecule has 1 aliphatic heterocycles.